The Labute approximate surface area is 112 Å². The molecule has 0 amide bonds. The SMILES string of the molecule is CCCCOC(=O)C1CSC(c2ccccc2)=N1. The van der Waals surface area contributed by atoms with Gasteiger partial charge in [0.2, 0.25) is 0 Å². The zero-order valence-corrected chi connectivity index (χ0v) is 11.3. The minimum Gasteiger partial charge on any atom is -0.464 e. The van der Waals surface area contributed by atoms with Gasteiger partial charge in [-0.2, -0.15) is 0 Å². The first-order chi connectivity index (χ1) is 8.81. The highest BCUT2D eigenvalue weighted by Gasteiger charge is 2.26. The molecule has 1 heterocycles. The fourth-order valence-corrected chi connectivity index (χ4v) is 2.68. The molecule has 2 rings (SSSR count). The normalized spacial score (nSPS) is 18.5. The van der Waals surface area contributed by atoms with Crippen molar-refractivity contribution in [1.82, 2.24) is 0 Å². The molecule has 0 radical (unpaired) electrons. The summed E-state index contributed by atoms with van der Waals surface area (Å²) in [4.78, 5) is 16.2. The molecule has 1 aliphatic rings. The lowest BCUT2D eigenvalue weighted by molar-refractivity contribution is -0.144. The van der Waals surface area contributed by atoms with E-state index in [4.69, 9.17) is 4.74 Å². The summed E-state index contributed by atoms with van der Waals surface area (Å²) >= 11 is 1.62. The van der Waals surface area contributed by atoms with E-state index in [2.05, 4.69) is 11.9 Å². The van der Waals surface area contributed by atoms with E-state index in [0.29, 0.717) is 12.4 Å². The number of aliphatic imine (C=N–C) groups is 1. The van der Waals surface area contributed by atoms with Crippen molar-refractivity contribution < 1.29 is 9.53 Å². The van der Waals surface area contributed by atoms with Crippen LogP contribution in [0.25, 0.3) is 0 Å². The first-order valence-electron chi connectivity index (χ1n) is 6.24. The van der Waals surface area contributed by atoms with Crippen molar-refractivity contribution in [3.63, 3.8) is 0 Å². The number of benzene rings is 1. The van der Waals surface area contributed by atoms with Crippen LogP contribution in [0.1, 0.15) is 25.3 Å². The van der Waals surface area contributed by atoms with E-state index in [1.807, 2.05) is 30.3 Å². The highest BCUT2D eigenvalue weighted by atomic mass is 32.2. The molecule has 1 aromatic carbocycles. The van der Waals surface area contributed by atoms with Crippen LogP contribution in [0, 0.1) is 0 Å². The van der Waals surface area contributed by atoms with Crippen LogP contribution in [0.4, 0.5) is 0 Å². The minimum atomic E-state index is -0.331. The number of hydrogen-bond donors (Lipinski definition) is 0. The van der Waals surface area contributed by atoms with Crippen LogP contribution in [0.15, 0.2) is 35.3 Å². The fourth-order valence-electron chi connectivity index (χ4n) is 1.65. The third-order valence-corrected chi connectivity index (χ3v) is 3.78. The molecule has 0 aromatic heterocycles. The van der Waals surface area contributed by atoms with Crippen LogP contribution in [0.2, 0.25) is 0 Å². The quantitative estimate of drug-likeness (QED) is 0.605. The van der Waals surface area contributed by atoms with Crippen molar-refractivity contribution in [3.8, 4) is 0 Å². The number of unbranched alkanes of at least 4 members (excludes halogenated alkanes) is 1. The van der Waals surface area contributed by atoms with Crippen molar-refractivity contribution in [2.24, 2.45) is 4.99 Å². The minimum absolute atomic E-state index is 0.193. The number of ether oxygens (including phenoxy) is 1. The van der Waals surface area contributed by atoms with Gasteiger partial charge in [-0.25, -0.2) is 4.79 Å². The maximum absolute atomic E-state index is 11.8. The van der Waals surface area contributed by atoms with Crippen LogP contribution in [-0.4, -0.2) is 29.4 Å². The summed E-state index contributed by atoms with van der Waals surface area (Å²) in [6, 6.07) is 9.62. The number of esters is 1. The molecule has 18 heavy (non-hydrogen) atoms. The molecule has 0 fully saturated rings. The predicted molar refractivity (Wildman–Crippen MR) is 75.1 cm³/mol. The summed E-state index contributed by atoms with van der Waals surface area (Å²) < 4.78 is 5.19. The number of thioether (sulfide) groups is 1. The highest BCUT2D eigenvalue weighted by Crippen LogP contribution is 2.24. The molecule has 0 spiro atoms. The third-order valence-electron chi connectivity index (χ3n) is 2.69. The number of nitrogens with zero attached hydrogens (tertiary/aromatic N) is 1. The van der Waals surface area contributed by atoms with E-state index in [1.54, 1.807) is 11.8 Å². The maximum atomic E-state index is 11.8. The number of carbonyl (C=O) groups excluding carboxylic acids is 1. The van der Waals surface area contributed by atoms with Crippen molar-refractivity contribution >= 4 is 22.8 Å². The molecule has 4 heteroatoms. The number of hydrogen-bond acceptors (Lipinski definition) is 4. The predicted octanol–water partition coefficient (Wildman–Crippen LogP) is 2.89. The topological polar surface area (TPSA) is 38.7 Å². The molecule has 0 saturated carbocycles. The second-order valence-corrected chi connectivity index (χ2v) is 5.16. The van der Waals surface area contributed by atoms with Gasteiger partial charge in [-0.1, -0.05) is 43.7 Å². The maximum Gasteiger partial charge on any atom is 0.331 e. The van der Waals surface area contributed by atoms with Gasteiger partial charge in [0.05, 0.1) is 11.7 Å². The van der Waals surface area contributed by atoms with Gasteiger partial charge >= 0.3 is 5.97 Å². The Hall–Kier alpha value is -1.29. The van der Waals surface area contributed by atoms with E-state index in [-0.39, 0.29) is 12.0 Å². The van der Waals surface area contributed by atoms with Gasteiger partial charge in [-0.15, -0.1) is 11.8 Å². The van der Waals surface area contributed by atoms with Crippen LogP contribution < -0.4 is 0 Å². The largest absolute Gasteiger partial charge is 0.464 e. The van der Waals surface area contributed by atoms with E-state index in [0.717, 1.165) is 23.4 Å². The Morgan fingerprint density at radius 2 is 2.22 bits per heavy atom. The summed E-state index contributed by atoms with van der Waals surface area (Å²) in [5.74, 6) is 0.497. The van der Waals surface area contributed by atoms with Crippen molar-refractivity contribution in [1.29, 1.82) is 0 Å². The van der Waals surface area contributed by atoms with Gasteiger partial charge in [-0.3, -0.25) is 4.99 Å². The molecule has 0 aliphatic carbocycles. The molecule has 3 nitrogen and oxygen atoms in total. The Kier molecular flexibility index (Phi) is 4.81. The summed E-state index contributed by atoms with van der Waals surface area (Å²) in [5.41, 5.74) is 1.08. The molecule has 0 N–H and O–H groups in total. The molecule has 0 bridgehead atoms. The smallest absolute Gasteiger partial charge is 0.331 e. The zero-order valence-electron chi connectivity index (χ0n) is 10.5. The van der Waals surface area contributed by atoms with Crippen molar-refractivity contribution in [2.45, 2.75) is 25.8 Å². The van der Waals surface area contributed by atoms with E-state index < -0.39 is 0 Å². The molecule has 1 unspecified atom stereocenters. The third kappa shape index (κ3) is 3.35. The second-order valence-electron chi connectivity index (χ2n) is 4.15. The molecular formula is C14H17NO2S. The lowest BCUT2D eigenvalue weighted by Crippen LogP contribution is -2.22. The molecular weight excluding hydrogens is 246 g/mol. The summed E-state index contributed by atoms with van der Waals surface area (Å²) in [6.07, 6.45) is 1.95. The standard InChI is InChI=1S/C14H17NO2S/c1-2-3-9-17-14(16)12-10-18-13(15-12)11-7-5-4-6-8-11/h4-8,12H,2-3,9-10H2,1H3. The van der Waals surface area contributed by atoms with Gasteiger partial charge in [0, 0.05) is 11.3 Å². The Morgan fingerprint density at radius 1 is 1.44 bits per heavy atom. The molecule has 1 aromatic rings. The first-order valence-corrected chi connectivity index (χ1v) is 7.22. The summed E-state index contributed by atoms with van der Waals surface area (Å²) in [5, 5.41) is 0.938. The van der Waals surface area contributed by atoms with Gasteiger partial charge in [0.25, 0.3) is 0 Å². The Balaban J connectivity index is 1.94. The van der Waals surface area contributed by atoms with Crippen molar-refractivity contribution in [3.05, 3.63) is 35.9 Å². The van der Waals surface area contributed by atoms with E-state index >= 15 is 0 Å². The van der Waals surface area contributed by atoms with Gasteiger partial charge in [-0.05, 0) is 6.42 Å². The van der Waals surface area contributed by atoms with Crippen LogP contribution >= 0.6 is 11.8 Å². The average molecular weight is 263 g/mol. The summed E-state index contributed by atoms with van der Waals surface area (Å²) in [7, 11) is 0. The number of rotatable bonds is 5. The molecule has 1 atom stereocenters. The van der Waals surface area contributed by atoms with Gasteiger partial charge < -0.3 is 4.74 Å². The van der Waals surface area contributed by atoms with E-state index in [1.165, 1.54) is 0 Å². The summed E-state index contributed by atoms with van der Waals surface area (Å²) in [6.45, 7) is 2.58. The van der Waals surface area contributed by atoms with E-state index in [9.17, 15) is 4.79 Å². The fraction of sp³-hybridized carbons (Fsp3) is 0.429. The Morgan fingerprint density at radius 3 is 2.94 bits per heavy atom. The Bertz CT molecular complexity index is 431. The molecule has 1 aliphatic heterocycles. The molecule has 0 saturated heterocycles. The molecule has 96 valence electrons. The van der Waals surface area contributed by atoms with Crippen molar-refractivity contribution in [2.75, 3.05) is 12.4 Å². The second kappa shape index (κ2) is 6.59. The first kappa shape index (κ1) is 13.1. The van der Waals surface area contributed by atoms with Crippen LogP contribution in [0.5, 0.6) is 0 Å². The monoisotopic (exact) mass is 263 g/mol. The van der Waals surface area contributed by atoms with Crippen LogP contribution in [0.3, 0.4) is 0 Å². The lowest BCUT2D eigenvalue weighted by atomic mass is 10.2. The number of carbonyl (C=O) groups is 1. The van der Waals surface area contributed by atoms with Crippen LogP contribution in [-0.2, 0) is 9.53 Å². The lowest BCUT2D eigenvalue weighted by Gasteiger charge is -2.06. The zero-order chi connectivity index (χ0) is 12.8. The van der Waals surface area contributed by atoms with Gasteiger partial charge in [0.15, 0.2) is 6.04 Å². The average Bonchev–Trinajstić information content (AvgIpc) is 2.89. The van der Waals surface area contributed by atoms with Gasteiger partial charge in [0.1, 0.15) is 0 Å². The highest BCUT2D eigenvalue weighted by molar-refractivity contribution is 8.14.